The van der Waals surface area contributed by atoms with Crippen molar-refractivity contribution in [1.82, 2.24) is 15.2 Å². The SMILES string of the molecule is Cc1nc(SC(CN)c2ccc(Cl)cc2)n[nH]1. The van der Waals surface area contributed by atoms with Gasteiger partial charge in [0, 0.05) is 16.8 Å². The zero-order valence-electron chi connectivity index (χ0n) is 9.35. The van der Waals surface area contributed by atoms with Gasteiger partial charge in [-0.3, -0.25) is 5.10 Å². The summed E-state index contributed by atoms with van der Waals surface area (Å²) in [6.07, 6.45) is 0. The molecule has 1 aromatic heterocycles. The lowest BCUT2D eigenvalue weighted by Gasteiger charge is -2.12. The Morgan fingerprint density at radius 1 is 1.41 bits per heavy atom. The number of halogens is 1. The predicted molar refractivity (Wildman–Crippen MR) is 70.2 cm³/mol. The highest BCUT2D eigenvalue weighted by Crippen LogP contribution is 2.32. The fraction of sp³-hybridized carbons (Fsp3) is 0.273. The Morgan fingerprint density at radius 2 is 2.12 bits per heavy atom. The van der Waals surface area contributed by atoms with Crippen LogP contribution in [-0.2, 0) is 0 Å². The lowest BCUT2D eigenvalue weighted by Crippen LogP contribution is -2.09. The van der Waals surface area contributed by atoms with Crippen LogP contribution in [0.2, 0.25) is 5.02 Å². The summed E-state index contributed by atoms with van der Waals surface area (Å²) >= 11 is 7.40. The number of benzene rings is 1. The van der Waals surface area contributed by atoms with Gasteiger partial charge in [0.05, 0.1) is 0 Å². The maximum absolute atomic E-state index is 5.86. The van der Waals surface area contributed by atoms with Crippen LogP contribution in [0.5, 0.6) is 0 Å². The summed E-state index contributed by atoms with van der Waals surface area (Å²) in [4.78, 5) is 4.26. The molecule has 17 heavy (non-hydrogen) atoms. The molecule has 1 heterocycles. The molecule has 4 nitrogen and oxygen atoms in total. The molecule has 0 amide bonds. The van der Waals surface area contributed by atoms with E-state index in [1.165, 1.54) is 0 Å². The van der Waals surface area contributed by atoms with E-state index in [1.807, 2.05) is 31.2 Å². The zero-order valence-corrected chi connectivity index (χ0v) is 10.9. The summed E-state index contributed by atoms with van der Waals surface area (Å²) in [5, 5.41) is 8.49. The number of nitrogens with zero attached hydrogens (tertiary/aromatic N) is 2. The number of hydrogen-bond acceptors (Lipinski definition) is 4. The number of aromatic nitrogens is 3. The topological polar surface area (TPSA) is 67.6 Å². The van der Waals surface area contributed by atoms with E-state index in [9.17, 15) is 0 Å². The lowest BCUT2D eigenvalue weighted by molar-refractivity contribution is 0.914. The molecule has 0 radical (unpaired) electrons. The highest BCUT2D eigenvalue weighted by molar-refractivity contribution is 7.99. The van der Waals surface area contributed by atoms with Crippen molar-refractivity contribution in [2.75, 3.05) is 6.54 Å². The van der Waals surface area contributed by atoms with Crippen LogP contribution in [0.1, 0.15) is 16.6 Å². The van der Waals surface area contributed by atoms with Crippen molar-refractivity contribution in [2.45, 2.75) is 17.3 Å². The van der Waals surface area contributed by atoms with Crippen LogP contribution in [0.15, 0.2) is 29.4 Å². The van der Waals surface area contributed by atoms with Crippen molar-refractivity contribution in [3.05, 3.63) is 40.7 Å². The molecular formula is C11H13ClN4S. The number of rotatable bonds is 4. The zero-order chi connectivity index (χ0) is 12.3. The van der Waals surface area contributed by atoms with Gasteiger partial charge >= 0.3 is 0 Å². The molecule has 0 saturated carbocycles. The van der Waals surface area contributed by atoms with E-state index < -0.39 is 0 Å². The third kappa shape index (κ3) is 3.21. The van der Waals surface area contributed by atoms with E-state index in [0.717, 1.165) is 16.4 Å². The molecule has 0 saturated heterocycles. The first kappa shape index (κ1) is 12.4. The average Bonchev–Trinajstić information content (AvgIpc) is 2.73. The number of hydrogen-bond donors (Lipinski definition) is 2. The van der Waals surface area contributed by atoms with Crippen molar-refractivity contribution in [3.63, 3.8) is 0 Å². The van der Waals surface area contributed by atoms with Gasteiger partial charge in [-0.2, -0.15) is 0 Å². The summed E-state index contributed by atoms with van der Waals surface area (Å²) in [5.74, 6) is 0.805. The van der Waals surface area contributed by atoms with Crippen LogP contribution >= 0.6 is 23.4 Å². The summed E-state index contributed by atoms with van der Waals surface area (Å²) in [6, 6.07) is 7.69. The molecule has 0 spiro atoms. The van der Waals surface area contributed by atoms with Crippen molar-refractivity contribution in [1.29, 1.82) is 0 Å². The molecule has 90 valence electrons. The summed E-state index contributed by atoms with van der Waals surface area (Å²) in [7, 11) is 0. The number of thioether (sulfide) groups is 1. The second-order valence-corrected chi connectivity index (χ2v) is 5.20. The number of nitrogens with two attached hydrogens (primary N) is 1. The van der Waals surface area contributed by atoms with Crippen LogP contribution in [-0.4, -0.2) is 21.7 Å². The largest absolute Gasteiger partial charge is 0.329 e. The van der Waals surface area contributed by atoms with Crippen molar-refractivity contribution in [2.24, 2.45) is 5.73 Å². The number of H-pyrrole nitrogens is 1. The Morgan fingerprint density at radius 3 is 2.65 bits per heavy atom. The predicted octanol–water partition coefficient (Wildman–Crippen LogP) is 2.56. The molecule has 1 aromatic carbocycles. The Balaban J connectivity index is 2.13. The second-order valence-electron chi connectivity index (χ2n) is 3.60. The number of aromatic amines is 1. The number of nitrogens with one attached hydrogen (secondary N) is 1. The third-order valence-electron chi connectivity index (χ3n) is 2.28. The summed E-state index contributed by atoms with van der Waals surface area (Å²) in [5.41, 5.74) is 6.91. The molecule has 0 aliphatic heterocycles. The molecule has 0 aliphatic carbocycles. The molecule has 2 rings (SSSR count). The van der Waals surface area contributed by atoms with Gasteiger partial charge < -0.3 is 5.73 Å². The second kappa shape index (κ2) is 5.53. The minimum Gasteiger partial charge on any atom is -0.329 e. The van der Waals surface area contributed by atoms with E-state index >= 15 is 0 Å². The van der Waals surface area contributed by atoms with Gasteiger partial charge in [-0.15, -0.1) is 5.10 Å². The van der Waals surface area contributed by atoms with Crippen LogP contribution < -0.4 is 5.73 Å². The van der Waals surface area contributed by atoms with E-state index in [0.29, 0.717) is 11.7 Å². The first-order valence-corrected chi connectivity index (χ1v) is 6.46. The molecule has 1 atom stereocenters. The monoisotopic (exact) mass is 268 g/mol. The third-order valence-corrected chi connectivity index (χ3v) is 3.67. The molecular weight excluding hydrogens is 256 g/mol. The fourth-order valence-corrected chi connectivity index (χ4v) is 2.49. The van der Waals surface area contributed by atoms with Crippen LogP contribution in [0.25, 0.3) is 0 Å². The molecule has 2 aromatic rings. The van der Waals surface area contributed by atoms with Gasteiger partial charge in [-0.25, -0.2) is 4.98 Å². The van der Waals surface area contributed by atoms with Gasteiger partial charge in [0.2, 0.25) is 5.16 Å². The van der Waals surface area contributed by atoms with Crippen LogP contribution in [0.4, 0.5) is 0 Å². The first-order chi connectivity index (χ1) is 8.19. The highest BCUT2D eigenvalue weighted by Gasteiger charge is 2.14. The van der Waals surface area contributed by atoms with Gasteiger partial charge in [-0.1, -0.05) is 35.5 Å². The van der Waals surface area contributed by atoms with Gasteiger partial charge in [0.15, 0.2) is 0 Å². The molecule has 3 N–H and O–H groups in total. The standard InChI is InChI=1S/C11H13ClN4S/c1-7-14-11(16-15-7)17-10(6-13)8-2-4-9(12)5-3-8/h2-5,10H,6,13H2,1H3,(H,14,15,16). The van der Waals surface area contributed by atoms with E-state index in [2.05, 4.69) is 15.2 Å². The molecule has 0 aliphatic rings. The highest BCUT2D eigenvalue weighted by atomic mass is 35.5. The smallest absolute Gasteiger partial charge is 0.209 e. The Hall–Kier alpha value is -1.04. The fourth-order valence-electron chi connectivity index (χ4n) is 1.43. The quantitative estimate of drug-likeness (QED) is 0.837. The maximum Gasteiger partial charge on any atom is 0.209 e. The molecule has 6 heteroatoms. The minimum atomic E-state index is 0.141. The Kier molecular flexibility index (Phi) is 4.04. The van der Waals surface area contributed by atoms with Gasteiger partial charge in [0.1, 0.15) is 5.82 Å². The normalized spacial score (nSPS) is 12.6. The molecule has 0 fully saturated rings. The average molecular weight is 269 g/mol. The van der Waals surface area contributed by atoms with Crippen LogP contribution in [0.3, 0.4) is 0 Å². The van der Waals surface area contributed by atoms with E-state index in [1.54, 1.807) is 11.8 Å². The molecule has 1 unspecified atom stereocenters. The first-order valence-electron chi connectivity index (χ1n) is 5.20. The minimum absolute atomic E-state index is 0.141. The van der Waals surface area contributed by atoms with Crippen molar-refractivity contribution < 1.29 is 0 Å². The summed E-state index contributed by atoms with van der Waals surface area (Å²) < 4.78 is 0. The van der Waals surface area contributed by atoms with E-state index in [4.69, 9.17) is 17.3 Å². The Labute approximate surface area is 109 Å². The number of aryl methyl sites for hydroxylation is 1. The maximum atomic E-state index is 5.86. The summed E-state index contributed by atoms with van der Waals surface area (Å²) in [6.45, 7) is 2.40. The lowest BCUT2D eigenvalue weighted by atomic mass is 10.1. The molecule has 0 bridgehead atoms. The van der Waals surface area contributed by atoms with Crippen molar-refractivity contribution >= 4 is 23.4 Å². The van der Waals surface area contributed by atoms with Gasteiger partial charge in [0.25, 0.3) is 0 Å². The Bertz CT molecular complexity index is 482. The van der Waals surface area contributed by atoms with Crippen molar-refractivity contribution in [3.8, 4) is 0 Å². The van der Waals surface area contributed by atoms with E-state index in [-0.39, 0.29) is 5.25 Å². The van der Waals surface area contributed by atoms with Gasteiger partial charge in [-0.05, 0) is 24.6 Å². The van der Waals surface area contributed by atoms with Crippen LogP contribution in [0, 0.1) is 6.92 Å².